The summed E-state index contributed by atoms with van der Waals surface area (Å²) in [5, 5.41) is 26.9. The lowest BCUT2D eigenvalue weighted by Gasteiger charge is -2.32. The van der Waals surface area contributed by atoms with E-state index in [1.165, 1.54) is 6.92 Å². The van der Waals surface area contributed by atoms with Crippen molar-refractivity contribution in [2.24, 2.45) is 5.10 Å². The van der Waals surface area contributed by atoms with E-state index < -0.39 is 41.5 Å². The van der Waals surface area contributed by atoms with Gasteiger partial charge >= 0.3 is 12.0 Å². The quantitative estimate of drug-likeness (QED) is 0.648. The first-order valence-corrected chi connectivity index (χ1v) is 5.88. The number of nitrogens with zero attached hydrogens (tertiary/aromatic N) is 5. The normalized spacial score (nSPS) is 21.9. The fourth-order valence-electron chi connectivity index (χ4n) is 1.94. The van der Waals surface area contributed by atoms with E-state index in [1.54, 1.807) is 0 Å². The smallest absolute Gasteiger partial charge is 0.362 e. The fourth-order valence-corrected chi connectivity index (χ4v) is 1.94. The van der Waals surface area contributed by atoms with Gasteiger partial charge in [-0.25, -0.2) is 0 Å². The van der Waals surface area contributed by atoms with E-state index >= 15 is 0 Å². The second kappa shape index (κ2) is 5.05. The summed E-state index contributed by atoms with van der Waals surface area (Å²) in [6, 6.07) is 0.988. The molecule has 9 nitrogen and oxygen atoms in total. The van der Waals surface area contributed by atoms with Crippen LogP contribution in [0.4, 0.5) is 19.0 Å². The van der Waals surface area contributed by atoms with E-state index in [9.17, 15) is 33.2 Å². The van der Waals surface area contributed by atoms with Gasteiger partial charge in [-0.1, -0.05) is 0 Å². The molecule has 2 heterocycles. The van der Waals surface area contributed by atoms with Crippen molar-refractivity contribution in [2.45, 2.75) is 31.8 Å². The van der Waals surface area contributed by atoms with Crippen LogP contribution in [0.15, 0.2) is 17.4 Å². The highest BCUT2D eigenvalue weighted by Crippen LogP contribution is 2.40. The number of hydrogen-bond donors (Lipinski definition) is 1. The summed E-state index contributed by atoms with van der Waals surface area (Å²) in [6.45, 7) is 0.506. The largest absolute Gasteiger partial charge is 0.438 e. The van der Waals surface area contributed by atoms with Gasteiger partial charge in [-0.2, -0.15) is 28.0 Å². The van der Waals surface area contributed by atoms with E-state index in [0.29, 0.717) is 0 Å². The Hall–Kier alpha value is -2.50. The van der Waals surface area contributed by atoms with Gasteiger partial charge in [-0.05, 0) is 11.8 Å². The lowest BCUT2D eigenvalue weighted by molar-refractivity contribution is -0.389. The average Bonchev–Trinajstić information content (AvgIpc) is 2.93. The van der Waals surface area contributed by atoms with Crippen molar-refractivity contribution in [3.8, 4) is 0 Å². The van der Waals surface area contributed by atoms with Crippen molar-refractivity contribution in [1.29, 1.82) is 0 Å². The molecule has 0 aromatic carbocycles. The number of amides is 1. The molecular formula is C10H10F3N5O4. The molecule has 1 aliphatic heterocycles. The van der Waals surface area contributed by atoms with Crippen LogP contribution >= 0.6 is 0 Å². The highest BCUT2D eigenvalue weighted by atomic mass is 19.4. The molecule has 0 unspecified atom stereocenters. The van der Waals surface area contributed by atoms with E-state index in [0.717, 1.165) is 16.9 Å². The van der Waals surface area contributed by atoms with Crippen LogP contribution in [0.1, 0.15) is 13.3 Å². The lowest BCUT2D eigenvalue weighted by atomic mass is 10.1. The van der Waals surface area contributed by atoms with E-state index in [-0.39, 0.29) is 10.7 Å². The Morgan fingerprint density at radius 3 is 2.73 bits per heavy atom. The summed E-state index contributed by atoms with van der Waals surface area (Å²) in [6.07, 6.45) is -4.89. The first-order chi connectivity index (χ1) is 10.0. The van der Waals surface area contributed by atoms with Crippen molar-refractivity contribution >= 4 is 17.4 Å². The van der Waals surface area contributed by atoms with Gasteiger partial charge in [0, 0.05) is 12.1 Å². The molecule has 1 aliphatic rings. The van der Waals surface area contributed by atoms with E-state index in [4.69, 9.17) is 0 Å². The molecule has 1 amide bonds. The van der Waals surface area contributed by atoms with Gasteiger partial charge in [-0.3, -0.25) is 4.79 Å². The minimum absolute atomic E-state index is 0.0597. The zero-order valence-electron chi connectivity index (χ0n) is 11.1. The summed E-state index contributed by atoms with van der Waals surface area (Å²) in [4.78, 5) is 21.6. The topological polar surface area (TPSA) is 114 Å². The summed E-state index contributed by atoms with van der Waals surface area (Å²) in [7, 11) is 0. The number of carbonyl (C=O) groups is 1. The Labute approximate surface area is 120 Å². The molecular weight excluding hydrogens is 311 g/mol. The van der Waals surface area contributed by atoms with Gasteiger partial charge in [0.15, 0.2) is 0 Å². The van der Waals surface area contributed by atoms with Crippen molar-refractivity contribution in [2.75, 3.05) is 0 Å². The van der Waals surface area contributed by atoms with E-state index in [2.05, 4.69) is 10.2 Å². The molecule has 0 radical (unpaired) electrons. The molecule has 12 heteroatoms. The lowest BCUT2D eigenvalue weighted by Crippen LogP contribution is -2.57. The first kappa shape index (κ1) is 15.9. The molecule has 2 rings (SSSR count). The summed E-state index contributed by atoms with van der Waals surface area (Å²) in [5.41, 5.74) is -3.49. The third kappa shape index (κ3) is 2.64. The molecule has 0 saturated carbocycles. The first-order valence-electron chi connectivity index (χ1n) is 5.88. The number of nitro groups is 1. The molecule has 120 valence electrons. The maximum atomic E-state index is 12.9. The van der Waals surface area contributed by atoms with Crippen molar-refractivity contribution < 1.29 is 28.0 Å². The summed E-state index contributed by atoms with van der Waals surface area (Å²) < 4.78 is 39.6. The van der Waals surface area contributed by atoms with Crippen LogP contribution in [-0.4, -0.2) is 48.3 Å². The van der Waals surface area contributed by atoms with Crippen LogP contribution in [-0.2, 0) is 11.3 Å². The monoisotopic (exact) mass is 321 g/mol. The average molecular weight is 321 g/mol. The number of hydrazone groups is 1. The zero-order valence-corrected chi connectivity index (χ0v) is 11.1. The predicted octanol–water partition coefficient (Wildman–Crippen LogP) is 0.650. The van der Waals surface area contributed by atoms with Crippen LogP contribution in [0.25, 0.3) is 0 Å². The molecule has 1 N–H and O–H groups in total. The predicted molar refractivity (Wildman–Crippen MR) is 64.5 cm³/mol. The number of aromatic nitrogens is 2. The Morgan fingerprint density at radius 1 is 1.59 bits per heavy atom. The molecule has 0 bridgehead atoms. The number of alkyl halides is 3. The number of halogens is 3. The number of rotatable bonds is 3. The molecule has 22 heavy (non-hydrogen) atoms. The fraction of sp³-hybridized carbons (Fsp3) is 0.500. The highest BCUT2D eigenvalue weighted by Gasteiger charge is 2.62. The van der Waals surface area contributed by atoms with Crippen LogP contribution in [0.5, 0.6) is 0 Å². The molecule has 0 saturated heterocycles. The van der Waals surface area contributed by atoms with Crippen LogP contribution < -0.4 is 0 Å². The Morgan fingerprint density at radius 2 is 2.23 bits per heavy atom. The van der Waals surface area contributed by atoms with Gasteiger partial charge in [0.25, 0.3) is 11.6 Å². The molecule has 0 spiro atoms. The van der Waals surface area contributed by atoms with Crippen molar-refractivity contribution in [3.63, 3.8) is 0 Å². The minimum atomic E-state index is -5.10. The standard InChI is InChI=1S/C10H10F3N5O4/c1-6-4-9(20,10(11,12)13)17(14-6)8(19)5-16-3-2-7(15-16)18(21)22/h2-3,20H,4-5H2,1H3/t9-/m1/s1. The number of carbonyl (C=O) groups excluding carboxylic acids is 1. The number of aliphatic hydroxyl groups is 1. The van der Waals surface area contributed by atoms with Gasteiger partial charge < -0.3 is 15.2 Å². The minimum Gasteiger partial charge on any atom is -0.362 e. The third-order valence-corrected chi connectivity index (χ3v) is 2.92. The summed E-state index contributed by atoms with van der Waals surface area (Å²) in [5.74, 6) is -1.75. The number of hydrogen-bond acceptors (Lipinski definition) is 6. The van der Waals surface area contributed by atoms with Crippen LogP contribution in [0.2, 0.25) is 0 Å². The highest BCUT2D eigenvalue weighted by molar-refractivity contribution is 5.89. The van der Waals surface area contributed by atoms with Crippen molar-refractivity contribution in [3.05, 3.63) is 22.4 Å². The van der Waals surface area contributed by atoms with Crippen LogP contribution in [0.3, 0.4) is 0 Å². The summed E-state index contributed by atoms with van der Waals surface area (Å²) >= 11 is 0. The molecule has 1 aromatic rings. The molecule has 1 atom stereocenters. The maximum absolute atomic E-state index is 12.9. The zero-order chi connectivity index (χ0) is 16.7. The van der Waals surface area contributed by atoms with Crippen LogP contribution in [0, 0.1) is 10.1 Å². The maximum Gasteiger partial charge on any atom is 0.438 e. The second-order valence-electron chi connectivity index (χ2n) is 4.66. The molecule has 1 aromatic heterocycles. The Bertz CT molecular complexity index is 655. The SMILES string of the molecule is CC1=NN(C(=O)Cn2ccc([N+](=O)[O-])n2)[C@](O)(C(F)(F)F)C1. The molecule has 0 fully saturated rings. The second-order valence-corrected chi connectivity index (χ2v) is 4.66. The van der Waals surface area contributed by atoms with Crippen molar-refractivity contribution in [1.82, 2.24) is 14.8 Å². The third-order valence-electron chi connectivity index (χ3n) is 2.92. The Kier molecular flexibility index (Phi) is 3.64. The Balaban J connectivity index is 2.21. The van der Waals surface area contributed by atoms with Gasteiger partial charge in [0.1, 0.15) is 6.54 Å². The van der Waals surface area contributed by atoms with Gasteiger partial charge in [0.2, 0.25) is 0 Å². The van der Waals surface area contributed by atoms with Gasteiger partial charge in [-0.15, -0.1) is 0 Å². The van der Waals surface area contributed by atoms with Gasteiger partial charge in [0.05, 0.1) is 17.4 Å². The molecule has 0 aliphatic carbocycles. The van der Waals surface area contributed by atoms with E-state index in [1.807, 2.05) is 0 Å².